The van der Waals surface area contributed by atoms with E-state index in [4.69, 9.17) is 38.8 Å². The van der Waals surface area contributed by atoms with Crippen LogP contribution in [0.15, 0.2) is 0 Å². The summed E-state index contributed by atoms with van der Waals surface area (Å²) in [6.07, 6.45) is 1.53. The van der Waals surface area contributed by atoms with Gasteiger partial charge >= 0.3 is 49.6 Å². The van der Waals surface area contributed by atoms with Crippen molar-refractivity contribution in [1.29, 1.82) is 0 Å². The molecular weight excluding hydrogens is 415 g/mol. The van der Waals surface area contributed by atoms with Crippen LogP contribution >= 0.6 is 38.8 Å². The normalized spacial score (nSPS) is 10.7. The molecule has 0 N–H and O–H groups in total. The Bertz CT molecular complexity index is 183. The maximum atomic E-state index is 9.44. The summed E-state index contributed by atoms with van der Waals surface area (Å²) in [5.74, 6) is 3.11. The predicted octanol–water partition coefficient (Wildman–Crippen LogP) is 3.12. The molecule has 0 aliphatic rings. The van der Waals surface area contributed by atoms with Crippen molar-refractivity contribution in [2.24, 2.45) is 0 Å². The molecule has 0 aromatic heterocycles. The van der Waals surface area contributed by atoms with Crippen LogP contribution in [0.4, 0.5) is 0 Å². The van der Waals surface area contributed by atoms with E-state index in [1.807, 2.05) is 52.1 Å². The second-order valence-corrected chi connectivity index (χ2v) is 20.5. The van der Waals surface area contributed by atoms with E-state index in [2.05, 4.69) is 5.87 Å². The first-order valence-corrected chi connectivity index (χ1v) is 14.8. The fourth-order valence-electron chi connectivity index (χ4n) is 0. The molecule has 3 nitrogen and oxygen atoms in total. The molecule has 0 bridgehead atoms. The SMILES string of the molecule is C=[S-](C)=O.CN(C)C.CN(C)C.[Cl][Ru]([Cl])([Cl])[Cl]. The van der Waals surface area contributed by atoms with Gasteiger partial charge in [0, 0.05) is 0 Å². The molecule has 0 saturated heterocycles. The Balaban J connectivity index is -0.0000000667. The standard InChI is InChI=1S/2C3H9N.C2H5OS.4ClH.Ru/c3*1-4(2)3;;;;;/h2*1-3H3;1H2,2H3;4*1H;/q;;-1;;;;;+4/p-4. The summed E-state index contributed by atoms with van der Waals surface area (Å²) in [5, 5.41) is 0. The fraction of sp³-hybridized carbons (Fsp3) is 0.875. The van der Waals surface area contributed by atoms with Crippen molar-refractivity contribution >= 4 is 55.0 Å². The minimum atomic E-state index is -2.97. The molecule has 9 heteroatoms. The molecular formula is C8H23Cl4N2ORuS-. The zero-order valence-electron chi connectivity index (χ0n) is 11.3. The molecule has 0 spiro atoms. The van der Waals surface area contributed by atoms with E-state index < -0.39 is 21.2 Å². The van der Waals surface area contributed by atoms with Crippen LogP contribution in [0, 0.1) is 0 Å². The monoisotopic (exact) mass is 437 g/mol. The topological polar surface area (TPSA) is 23.6 Å². The predicted molar refractivity (Wildman–Crippen MR) is 83.7 cm³/mol. The van der Waals surface area contributed by atoms with Crippen LogP contribution in [0.5, 0.6) is 0 Å². The Morgan fingerprint density at radius 1 is 0.882 bits per heavy atom. The van der Waals surface area contributed by atoms with Crippen molar-refractivity contribution in [3.63, 3.8) is 0 Å². The molecule has 0 amide bonds. The third-order valence-corrected chi connectivity index (χ3v) is 0. The zero-order chi connectivity index (χ0) is 15.2. The quantitative estimate of drug-likeness (QED) is 0.330. The zero-order valence-corrected chi connectivity index (χ0v) is 16.9. The van der Waals surface area contributed by atoms with Gasteiger partial charge in [0.1, 0.15) is 0 Å². The van der Waals surface area contributed by atoms with Crippen LogP contribution in [-0.2, 0) is 25.4 Å². The van der Waals surface area contributed by atoms with Gasteiger partial charge in [-0.2, -0.15) is 5.87 Å². The van der Waals surface area contributed by atoms with Gasteiger partial charge in [-0.15, -0.1) is 6.26 Å². The molecule has 0 aliphatic heterocycles. The molecule has 114 valence electrons. The molecule has 0 radical (unpaired) electrons. The van der Waals surface area contributed by atoms with Crippen molar-refractivity contribution in [1.82, 2.24) is 9.80 Å². The van der Waals surface area contributed by atoms with Crippen LogP contribution in [0.3, 0.4) is 0 Å². The third-order valence-electron chi connectivity index (χ3n) is 0. The van der Waals surface area contributed by atoms with Crippen LogP contribution in [0.25, 0.3) is 0 Å². The summed E-state index contributed by atoms with van der Waals surface area (Å²) in [4.78, 5) is 4.00. The maximum absolute atomic E-state index is 9.44. The van der Waals surface area contributed by atoms with E-state index >= 15 is 0 Å². The van der Waals surface area contributed by atoms with E-state index in [-0.39, 0.29) is 0 Å². The number of hydrogen-bond acceptors (Lipinski definition) is 4. The number of nitrogens with zero attached hydrogens (tertiary/aromatic N) is 2. The van der Waals surface area contributed by atoms with Gasteiger partial charge in [-0.3, -0.25) is 10.4 Å². The van der Waals surface area contributed by atoms with Crippen molar-refractivity contribution < 1.29 is 15.0 Å². The third kappa shape index (κ3) is 1480. The Hall–Kier alpha value is 1.72. The second-order valence-electron chi connectivity index (χ2n) is 3.56. The van der Waals surface area contributed by atoms with Gasteiger partial charge in [-0.1, -0.05) is 0 Å². The second kappa shape index (κ2) is 17.7. The molecule has 0 aromatic rings. The summed E-state index contributed by atoms with van der Waals surface area (Å²) in [6.45, 7) is 0. The van der Waals surface area contributed by atoms with Crippen LogP contribution in [0.1, 0.15) is 0 Å². The molecule has 0 unspecified atom stereocenters. The van der Waals surface area contributed by atoms with Crippen molar-refractivity contribution in [2.75, 3.05) is 48.5 Å². The molecule has 17 heavy (non-hydrogen) atoms. The Kier molecular flexibility index (Phi) is 28.3. The summed E-state index contributed by atoms with van der Waals surface area (Å²) in [6, 6.07) is 0. The molecule has 0 heterocycles. The molecule has 0 saturated carbocycles. The van der Waals surface area contributed by atoms with Gasteiger partial charge < -0.3 is 14.0 Å². The number of rotatable bonds is 0. The summed E-state index contributed by atoms with van der Waals surface area (Å²) < 4.78 is 9.44. The Morgan fingerprint density at radius 2 is 0.882 bits per heavy atom. The van der Waals surface area contributed by atoms with Crippen molar-refractivity contribution in [3.05, 3.63) is 0 Å². The van der Waals surface area contributed by atoms with E-state index in [0.29, 0.717) is 0 Å². The summed E-state index contributed by atoms with van der Waals surface area (Å²) in [5.41, 5.74) is 0. The molecule has 0 rings (SSSR count). The molecule has 0 aromatic carbocycles. The minimum absolute atomic E-state index is 0.861. The Labute approximate surface area is 127 Å². The van der Waals surface area contributed by atoms with E-state index in [0.717, 1.165) is 0 Å². The first-order chi connectivity index (χ1) is 7.20. The van der Waals surface area contributed by atoms with Gasteiger partial charge in [-0.25, -0.2) is 0 Å². The Morgan fingerprint density at radius 3 is 0.882 bits per heavy atom. The summed E-state index contributed by atoms with van der Waals surface area (Å²) in [7, 11) is 28.2. The van der Waals surface area contributed by atoms with Gasteiger partial charge in [0.15, 0.2) is 0 Å². The van der Waals surface area contributed by atoms with Crippen LogP contribution in [0.2, 0.25) is 0 Å². The van der Waals surface area contributed by atoms with E-state index in [9.17, 15) is 4.21 Å². The summed E-state index contributed by atoms with van der Waals surface area (Å²) >= 11 is 0. The van der Waals surface area contributed by atoms with E-state index in [1.54, 1.807) is 0 Å². The van der Waals surface area contributed by atoms with Gasteiger partial charge in [0.25, 0.3) is 0 Å². The van der Waals surface area contributed by atoms with Gasteiger partial charge in [0.2, 0.25) is 0 Å². The number of hydrogen-bond donors (Lipinski definition) is 0. The molecule has 0 aliphatic carbocycles. The molecule has 0 atom stereocenters. The van der Waals surface area contributed by atoms with Crippen LogP contribution < -0.4 is 0 Å². The average Bonchev–Trinajstić information content (AvgIpc) is 1.73. The van der Waals surface area contributed by atoms with Crippen LogP contribution in [-0.4, -0.2) is 64.2 Å². The van der Waals surface area contributed by atoms with Gasteiger partial charge in [0.05, 0.1) is 0 Å². The first kappa shape index (κ1) is 27.1. The van der Waals surface area contributed by atoms with Crippen molar-refractivity contribution in [2.45, 2.75) is 0 Å². The number of halogens is 4. The van der Waals surface area contributed by atoms with Gasteiger partial charge in [-0.05, 0) is 42.3 Å². The average molecular weight is 438 g/mol. The first-order valence-electron chi connectivity index (χ1n) is 4.08. The fourth-order valence-corrected chi connectivity index (χ4v) is 0. The molecule has 0 fully saturated rings. The van der Waals surface area contributed by atoms with Crippen molar-refractivity contribution in [3.8, 4) is 0 Å². The van der Waals surface area contributed by atoms with E-state index in [1.165, 1.54) is 6.26 Å².